The maximum atomic E-state index is 12.7. The molecule has 0 atom stereocenters. The van der Waals surface area contributed by atoms with Gasteiger partial charge in [0.25, 0.3) is 0 Å². The number of esters is 1. The van der Waals surface area contributed by atoms with Crippen LogP contribution in [0.4, 0.5) is 0 Å². The molecule has 0 bridgehead atoms. The van der Waals surface area contributed by atoms with Crippen LogP contribution in [0, 0.1) is 5.41 Å². The molecule has 0 spiro atoms. The maximum Gasteiger partial charge on any atom is 0.341 e. The first kappa shape index (κ1) is 23.6. The summed E-state index contributed by atoms with van der Waals surface area (Å²) in [6, 6.07) is 4.10. The lowest BCUT2D eigenvalue weighted by Crippen LogP contribution is -2.47. The van der Waals surface area contributed by atoms with Crippen molar-refractivity contribution in [2.24, 2.45) is 5.41 Å². The van der Waals surface area contributed by atoms with Crippen molar-refractivity contribution in [2.75, 3.05) is 47.6 Å². The van der Waals surface area contributed by atoms with Crippen LogP contribution in [0.1, 0.15) is 23.2 Å². The molecule has 0 aromatic heterocycles. The number of ether oxygens (including phenoxy) is 3. The predicted molar refractivity (Wildman–Crippen MR) is 103 cm³/mol. The van der Waals surface area contributed by atoms with Gasteiger partial charge in [0, 0.05) is 19.1 Å². The molecule has 0 amide bonds. The minimum absolute atomic E-state index is 0. The fourth-order valence-electron chi connectivity index (χ4n) is 3.09. The number of carbonyl (C=O) groups is 1. The van der Waals surface area contributed by atoms with Crippen molar-refractivity contribution in [1.29, 1.82) is 0 Å². The first-order chi connectivity index (χ1) is 12.4. The van der Waals surface area contributed by atoms with Crippen molar-refractivity contribution in [1.82, 2.24) is 10.0 Å². The number of benzene rings is 1. The molecule has 154 valence electrons. The number of hydrogen-bond acceptors (Lipinski definition) is 7. The number of hydrogen-bond donors (Lipinski definition) is 2. The lowest BCUT2D eigenvalue weighted by Gasteiger charge is -2.37. The van der Waals surface area contributed by atoms with Gasteiger partial charge in [-0.3, -0.25) is 0 Å². The lowest BCUT2D eigenvalue weighted by atomic mass is 9.80. The Morgan fingerprint density at radius 3 is 2.44 bits per heavy atom. The summed E-state index contributed by atoms with van der Waals surface area (Å²) in [7, 11) is 0.452. The quantitative estimate of drug-likeness (QED) is 0.606. The molecule has 0 aliphatic carbocycles. The van der Waals surface area contributed by atoms with E-state index in [0.29, 0.717) is 6.61 Å². The third-order valence-electron chi connectivity index (χ3n) is 4.64. The van der Waals surface area contributed by atoms with Crippen molar-refractivity contribution < 1.29 is 27.4 Å². The molecule has 0 saturated carbocycles. The van der Waals surface area contributed by atoms with Gasteiger partial charge >= 0.3 is 5.97 Å². The molecular weight excluding hydrogens is 396 g/mol. The van der Waals surface area contributed by atoms with Gasteiger partial charge in [0.1, 0.15) is 11.3 Å². The van der Waals surface area contributed by atoms with Gasteiger partial charge in [-0.25, -0.2) is 17.9 Å². The largest absolute Gasteiger partial charge is 0.496 e. The molecule has 0 radical (unpaired) electrons. The molecule has 1 heterocycles. The number of piperidine rings is 1. The molecule has 1 saturated heterocycles. The van der Waals surface area contributed by atoms with Crippen molar-refractivity contribution in [3.8, 4) is 5.75 Å². The van der Waals surface area contributed by atoms with E-state index < -0.39 is 16.0 Å². The highest BCUT2D eigenvalue weighted by Gasteiger charge is 2.33. The van der Waals surface area contributed by atoms with E-state index in [1.54, 1.807) is 7.11 Å². The Morgan fingerprint density at radius 2 is 1.89 bits per heavy atom. The molecule has 1 fully saturated rings. The van der Waals surface area contributed by atoms with E-state index in [1.807, 2.05) is 0 Å². The molecule has 1 aromatic rings. The molecular formula is C17H27ClN2O6S. The Balaban J connectivity index is 0.00000364. The second-order valence-electron chi connectivity index (χ2n) is 6.36. The van der Waals surface area contributed by atoms with Gasteiger partial charge in [-0.1, -0.05) is 0 Å². The van der Waals surface area contributed by atoms with Gasteiger partial charge in [-0.05, 0) is 44.1 Å². The minimum atomic E-state index is -3.79. The highest BCUT2D eigenvalue weighted by atomic mass is 35.5. The third kappa shape index (κ3) is 5.79. The van der Waals surface area contributed by atoms with E-state index >= 15 is 0 Å². The smallest absolute Gasteiger partial charge is 0.341 e. The van der Waals surface area contributed by atoms with Crippen molar-refractivity contribution >= 4 is 28.4 Å². The van der Waals surface area contributed by atoms with Gasteiger partial charge in [0.2, 0.25) is 10.0 Å². The van der Waals surface area contributed by atoms with Gasteiger partial charge in [0.05, 0.1) is 25.7 Å². The second-order valence-corrected chi connectivity index (χ2v) is 8.13. The zero-order valence-corrected chi connectivity index (χ0v) is 17.4. The lowest BCUT2D eigenvalue weighted by molar-refractivity contribution is 0.0577. The number of nitrogens with one attached hydrogen (secondary N) is 2. The summed E-state index contributed by atoms with van der Waals surface area (Å²) in [6.45, 7) is 2.39. The highest BCUT2D eigenvalue weighted by molar-refractivity contribution is 7.89. The summed E-state index contributed by atoms with van der Waals surface area (Å²) in [5.41, 5.74) is -0.184. The van der Waals surface area contributed by atoms with E-state index in [0.717, 1.165) is 25.9 Å². The summed E-state index contributed by atoms with van der Waals surface area (Å²) in [6.07, 6.45) is 1.64. The number of carbonyl (C=O) groups excluding carboxylic acids is 1. The normalized spacial score (nSPS) is 16.3. The van der Waals surface area contributed by atoms with Crippen LogP contribution in [-0.4, -0.2) is 62.0 Å². The molecule has 2 rings (SSSR count). The molecule has 2 N–H and O–H groups in total. The Hall–Kier alpha value is -1.39. The Bertz CT molecular complexity index is 729. The van der Waals surface area contributed by atoms with Crippen LogP contribution in [0.15, 0.2) is 23.1 Å². The SMILES string of the molecule is COCC1(CNS(=O)(=O)c2ccc(OC)c(C(=O)OC)c2)CCNCC1.Cl. The van der Waals surface area contributed by atoms with Crippen molar-refractivity contribution in [3.63, 3.8) is 0 Å². The Kier molecular flexibility index (Phi) is 8.97. The third-order valence-corrected chi connectivity index (χ3v) is 6.04. The van der Waals surface area contributed by atoms with Gasteiger partial charge in [0.15, 0.2) is 0 Å². The summed E-state index contributed by atoms with van der Waals surface area (Å²) in [5, 5.41) is 3.27. The van der Waals surface area contributed by atoms with Crippen molar-refractivity contribution in [2.45, 2.75) is 17.7 Å². The molecule has 0 unspecified atom stereocenters. The van der Waals surface area contributed by atoms with Crippen LogP contribution >= 0.6 is 12.4 Å². The Labute approximate surface area is 166 Å². The van der Waals surface area contributed by atoms with Gasteiger partial charge < -0.3 is 19.5 Å². The summed E-state index contributed by atoms with van der Waals surface area (Å²) in [5.74, 6) is -0.405. The molecule has 1 aromatic carbocycles. The molecule has 27 heavy (non-hydrogen) atoms. The van der Waals surface area contributed by atoms with Crippen LogP contribution in [0.25, 0.3) is 0 Å². The van der Waals surface area contributed by atoms with E-state index in [-0.39, 0.29) is 40.6 Å². The predicted octanol–water partition coefficient (Wildman–Crippen LogP) is 1.20. The molecule has 8 nitrogen and oxygen atoms in total. The standard InChI is InChI=1S/C17H26N2O6S.ClH/c1-23-12-17(6-8-18-9-7-17)11-19-26(21,22)13-4-5-15(24-2)14(10-13)16(20)25-3;/h4-5,10,18-19H,6-9,11-12H2,1-3H3;1H. The van der Waals surface area contributed by atoms with Gasteiger partial charge in [-0.2, -0.15) is 0 Å². The highest BCUT2D eigenvalue weighted by Crippen LogP contribution is 2.29. The first-order valence-corrected chi connectivity index (χ1v) is 9.81. The van der Waals surface area contributed by atoms with E-state index in [1.165, 1.54) is 32.4 Å². The van der Waals surface area contributed by atoms with Crippen LogP contribution in [0.3, 0.4) is 0 Å². The fraction of sp³-hybridized carbons (Fsp3) is 0.588. The average Bonchev–Trinajstić information content (AvgIpc) is 2.66. The van der Waals surface area contributed by atoms with Crippen LogP contribution in [0.2, 0.25) is 0 Å². The average molecular weight is 423 g/mol. The van der Waals surface area contributed by atoms with Crippen molar-refractivity contribution in [3.05, 3.63) is 23.8 Å². The summed E-state index contributed by atoms with van der Waals surface area (Å²) < 4.78 is 43.2. The maximum absolute atomic E-state index is 12.7. The van der Waals surface area contributed by atoms with E-state index in [2.05, 4.69) is 10.0 Å². The zero-order chi connectivity index (χ0) is 19.2. The monoisotopic (exact) mass is 422 g/mol. The molecule has 1 aliphatic rings. The summed E-state index contributed by atoms with van der Waals surface area (Å²) in [4.78, 5) is 11.9. The second kappa shape index (κ2) is 10.2. The van der Waals surface area contributed by atoms with Crippen LogP contribution in [0.5, 0.6) is 5.75 Å². The number of rotatable bonds is 8. The summed E-state index contributed by atoms with van der Waals surface area (Å²) >= 11 is 0. The number of methoxy groups -OCH3 is 3. The minimum Gasteiger partial charge on any atom is -0.496 e. The first-order valence-electron chi connectivity index (χ1n) is 8.33. The zero-order valence-electron chi connectivity index (χ0n) is 15.7. The van der Waals surface area contributed by atoms with Crippen LogP contribution in [-0.2, 0) is 19.5 Å². The van der Waals surface area contributed by atoms with Gasteiger partial charge in [-0.15, -0.1) is 12.4 Å². The van der Waals surface area contributed by atoms with E-state index in [4.69, 9.17) is 14.2 Å². The molecule has 1 aliphatic heterocycles. The topological polar surface area (TPSA) is 103 Å². The Morgan fingerprint density at radius 1 is 1.22 bits per heavy atom. The number of halogens is 1. The molecule has 10 heteroatoms. The number of sulfonamides is 1. The van der Waals surface area contributed by atoms with Crippen LogP contribution < -0.4 is 14.8 Å². The van der Waals surface area contributed by atoms with E-state index in [9.17, 15) is 13.2 Å². The fourth-order valence-corrected chi connectivity index (χ4v) is 4.27.